The van der Waals surface area contributed by atoms with Crippen molar-refractivity contribution in [1.29, 1.82) is 0 Å². The molecule has 2 N–H and O–H groups in total. The Bertz CT molecular complexity index is 1750. The molecule has 0 radical (unpaired) electrons. The van der Waals surface area contributed by atoms with Gasteiger partial charge in [0.2, 0.25) is 0 Å². The number of carbonyl (C=O) groups excluding carboxylic acids is 2. The Labute approximate surface area is 271 Å². The van der Waals surface area contributed by atoms with Crippen molar-refractivity contribution in [1.82, 2.24) is 9.88 Å². The predicted molar refractivity (Wildman–Crippen MR) is 173 cm³/mol. The van der Waals surface area contributed by atoms with Crippen molar-refractivity contribution in [3.63, 3.8) is 0 Å². The number of carboxylic acids is 1. The molecule has 0 spiro atoms. The summed E-state index contributed by atoms with van der Waals surface area (Å²) in [6, 6.07) is 20.9. The van der Waals surface area contributed by atoms with Gasteiger partial charge >= 0.3 is 12.3 Å². The third-order valence-corrected chi connectivity index (χ3v) is 8.53. The second kappa shape index (κ2) is 13.6. The predicted octanol–water partition coefficient (Wildman–Crippen LogP) is 7.93. The molecule has 1 aliphatic carbocycles. The molecule has 1 fully saturated rings. The Kier molecular flexibility index (Phi) is 9.79. The van der Waals surface area contributed by atoms with E-state index < -0.39 is 12.3 Å². The van der Waals surface area contributed by atoms with Crippen LogP contribution in [0.4, 0.5) is 13.2 Å². The van der Waals surface area contributed by atoms with Gasteiger partial charge in [-0.1, -0.05) is 70.0 Å². The van der Waals surface area contributed by atoms with Crippen molar-refractivity contribution in [2.24, 2.45) is 11.8 Å². The Morgan fingerprint density at radius 2 is 1.60 bits per heavy atom. The van der Waals surface area contributed by atoms with Crippen LogP contribution in [0.1, 0.15) is 84.0 Å². The highest BCUT2D eigenvalue weighted by Crippen LogP contribution is 2.38. The second-order valence-electron chi connectivity index (χ2n) is 13.4. The lowest BCUT2D eigenvalue weighted by atomic mass is 9.86. The summed E-state index contributed by atoms with van der Waals surface area (Å²) in [5.41, 5.74) is 4.39. The fourth-order valence-electron chi connectivity index (χ4n) is 5.82. The molecule has 5 rings (SSSR count). The lowest BCUT2D eigenvalue weighted by Crippen LogP contribution is -2.26. The molecule has 0 saturated heterocycles. The first-order valence-corrected chi connectivity index (χ1v) is 15.8. The SMILES string of the molecule is CC(C)(C)c1ccc(Cn2c(C(=O)C(Cc3ccc(C(=O)NCCC(=O)O)cc3)CC3CC3)cc3cc(OC(F)(F)F)ccc32)cc1. The number of rotatable bonds is 13. The quantitative estimate of drug-likeness (QED) is 0.144. The van der Waals surface area contributed by atoms with Gasteiger partial charge < -0.3 is 19.7 Å². The molecule has 1 aromatic heterocycles. The molecule has 1 aliphatic rings. The number of benzene rings is 3. The van der Waals surface area contributed by atoms with Crippen LogP contribution < -0.4 is 10.1 Å². The molecular weight excluding hydrogens is 609 g/mol. The Hall–Kier alpha value is -4.60. The average Bonchev–Trinajstić information content (AvgIpc) is 3.75. The highest BCUT2D eigenvalue weighted by Gasteiger charge is 2.33. The topological polar surface area (TPSA) is 97.6 Å². The average molecular weight is 649 g/mol. The summed E-state index contributed by atoms with van der Waals surface area (Å²) in [4.78, 5) is 37.6. The number of alkyl halides is 3. The molecule has 1 amide bonds. The van der Waals surface area contributed by atoms with Gasteiger partial charge in [0.1, 0.15) is 5.75 Å². The number of hydrogen-bond acceptors (Lipinski definition) is 4. The van der Waals surface area contributed by atoms with Gasteiger partial charge in [0.15, 0.2) is 5.78 Å². The highest BCUT2D eigenvalue weighted by molar-refractivity contribution is 6.02. The maximum atomic E-state index is 14.4. The minimum absolute atomic E-state index is 0.0203. The largest absolute Gasteiger partial charge is 0.573 e. The van der Waals surface area contributed by atoms with Crippen LogP contribution in [0.25, 0.3) is 10.9 Å². The smallest absolute Gasteiger partial charge is 0.481 e. The number of aliphatic carboxylic acids is 1. The summed E-state index contributed by atoms with van der Waals surface area (Å²) in [7, 11) is 0. The van der Waals surface area contributed by atoms with E-state index in [0.717, 1.165) is 29.5 Å². The zero-order valence-corrected chi connectivity index (χ0v) is 26.7. The number of aromatic nitrogens is 1. The van der Waals surface area contributed by atoms with Crippen molar-refractivity contribution >= 4 is 28.6 Å². The zero-order chi connectivity index (χ0) is 33.9. The number of fused-ring (bicyclic) bond motifs is 1. The maximum absolute atomic E-state index is 14.4. The zero-order valence-electron chi connectivity index (χ0n) is 26.7. The van der Waals surface area contributed by atoms with Crippen LogP contribution in [0, 0.1) is 11.8 Å². The first-order valence-electron chi connectivity index (χ1n) is 15.8. The number of hydrogen-bond donors (Lipinski definition) is 2. The number of ketones is 1. The lowest BCUT2D eigenvalue weighted by molar-refractivity contribution is -0.274. The summed E-state index contributed by atoms with van der Waals surface area (Å²) >= 11 is 0. The second-order valence-corrected chi connectivity index (χ2v) is 13.4. The number of amides is 1. The molecule has 10 heteroatoms. The summed E-state index contributed by atoms with van der Waals surface area (Å²) in [5.74, 6) is -1.77. The minimum Gasteiger partial charge on any atom is -0.481 e. The molecule has 1 unspecified atom stereocenters. The number of nitrogens with one attached hydrogen (secondary N) is 1. The molecule has 1 heterocycles. The van der Waals surface area contributed by atoms with Gasteiger partial charge in [-0.05, 0) is 77.3 Å². The van der Waals surface area contributed by atoms with Crippen molar-refractivity contribution < 1.29 is 37.4 Å². The standard InChI is InChI=1S/C37H39F3N2O5/c1-36(2,3)29-12-8-25(9-13-29)22-42-31-15-14-30(47-37(38,39)40)20-27(31)21-32(42)34(45)28(18-23-4-5-23)19-24-6-10-26(11-7-24)35(46)41-17-16-33(43)44/h6-15,20-21,23,28H,4-5,16-19,22H2,1-3H3,(H,41,46)(H,43,44). The fourth-order valence-corrected chi connectivity index (χ4v) is 5.82. The minimum atomic E-state index is -4.84. The van der Waals surface area contributed by atoms with Crippen LogP contribution in [0.15, 0.2) is 72.8 Å². The molecule has 0 bridgehead atoms. The molecule has 0 aliphatic heterocycles. The van der Waals surface area contributed by atoms with Crippen molar-refractivity contribution in [2.45, 2.75) is 71.2 Å². The summed E-state index contributed by atoms with van der Waals surface area (Å²) in [6.45, 7) is 6.76. The van der Waals surface area contributed by atoms with Crippen molar-refractivity contribution in [2.75, 3.05) is 6.54 Å². The molecule has 1 saturated carbocycles. The summed E-state index contributed by atoms with van der Waals surface area (Å²) in [5, 5.41) is 11.9. The highest BCUT2D eigenvalue weighted by atomic mass is 19.4. The number of halogens is 3. The van der Waals surface area contributed by atoms with Gasteiger partial charge in [0.05, 0.1) is 12.1 Å². The molecule has 248 valence electrons. The number of Topliss-reactive ketones (excluding diaryl/α,β-unsaturated/α-hetero) is 1. The first-order chi connectivity index (χ1) is 22.2. The van der Waals surface area contributed by atoms with Gasteiger partial charge in [-0.2, -0.15) is 0 Å². The Morgan fingerprint density at radius 1 is 0.936 bits per heavy atom. The van der Waals surface area contributed by atoms with Gasteiger partial charge in [-0.3, -0.25) is 14.4 Å². The van der Waals surface area contributed by atoms with E-state index in [-0.39, 0.29) is 41.7 Å². The Balaban J connectivity index is 1.45. The normalized spacial score (nSPS) is 14.2. The van der Waals surface area contributed by atoms with E-state index in [4.69, 9.17) is 5.11 Å². The van der Waals surface area contributed by atoms with Crippen LogP contribution in [0.5, 0.6) is 5.75 Å². The maximum Gasteiger partial charge on any atom is 0.573 e. The van der Waals surface area contributed by atoms with Crippen LogP contribution in [0.3, 0.4) is 0 Å². The molecule has 1 atom stereocenters. The molecule has 3 aromatic carbocycles. The fraction of sp³-hybridized carbons (Fsp3) is 0.378. The first kappa shape index (κ1) is 33.8. The van der Waals surface area contributed by atoms with E-state index in [2.05, 4.69) is 43.0 Å². The lowest BCUT2D eigenvalue weighted by Gasteiger charge is -2.20. The van der Waals surface area contributed by atoms with E-state index in [9.17, 15) is 27.6 Å². The molecular formula is C37H39F3N2O5. The van der Waals surface area contributed by atoms with Gasteiger partial charge in [0.25, 0.3) is 5.91 Å². The number of ether oxygens (including phenoxy) is 1. The van der Waals surface area contributed by atoms with Gasteiger partial charge in [-0.15, -0.1) is 13.2 Å². The number of nitrogens with zero attached hydrogens (tertiary/aromatic N) is 1. The monoisotopic (exact) mass is 648 g/mol. The number of carbonyl (C=O) groups is 3. The third kappa shape index (κ3) is 9.02. The van der Waals surface area contributed by atoms with Crippen LogP contribution in [-0.2, 0) is 23.2 Å². The van der Waals surface area contributed by atoms with E-state index >= 15 is 0 Å². The Morgan fingerprint density at radius 3 is 2.19 bits per heavy atom. The third-order valence-electron chi connectivity index (χ3n) is 8.53. The molecule has 7 nitrogen and oxygen atoms in total. The summed E-state index contributed by atoms with van der Waals surface area (Å²) in [6.07, 6.45) is -1.82. The van der Waals surface area contributed by atoms with E-state index in [1.54, 1.807) is 36.4 Å². The van der Waals surface area contributed by atoms with Gasteiger partial charge in [-0.25, -0.2) is 0 Å². The molecule has 47 heavy (non-hydrogen) atoms. The van der Waals surface area contributed by atoms with Crippen LogP contribution in [-0.4, -0.2) is 40.2 Å². The van der Waals surface area contributed by atoms with E-state index in [0.29, 0.717) is 47.5 Å². The van der Waals surface area contributed by atoms with Crippen molar-refractivity contribution in [3.05, 3.63) is 101 Å². The van der Waals surface area contributed by atoms with Gasteiger partial charge in [0, 0.05) is 35.5 Å². The molecule has 4 aromatic rings. The van der Waals surface area contributed by atoms with Crippen molar-refractivity contribution in [3.8, 4) is 5.75 Å². The number of carboxylic acid groups (broad SMARTS) is 1. The van der Waals surface area contributed by atoms with E-state index in [1.807, 2.05) is 16.7 Å². The van der Waals surface area contributed by atoms with Crippen LogP contribution in [0.2, 0.25) is 0 Å². The van der Waals surface area contributed by atoms with Crippen LogP contribution >= 0.6 is 0 Å². The van der Waals surface area contributed by atoms with E-state index in [1.165, 1.54) is 12.1 Å². The summed E-state index contributed by atoms with van der Waals surface area (Å²) < 4.78 is 45.1.